The third-order valence-electron chi connectivity index (χ3n) is 13.1. The summed E-state index contributed by atoms with van der Waals surface area (Å²) in [4.78, 5) is 38.3. The molecule has 1 atom stereocenters. The lowest BCUT2D eigenvalue weighted by Gasteiger charge is -2.18. The number of ether oxygens (including phenoxy) is 3. The normalized spacial score (nSPS) is 13.0. The molecule has 0 aliphatic carbocycles. The van der Waals surface area contributed by atoms with Crippen molar-refractivity contribution in [3.05, 3.63) is 134 Å². The summed E-state index contributed by atoms with van der Waals surface area (Å²) in [7, 11) is 0. The molecule has 0 amide bonds. The predicted molar refractivity (Wildman–Crippen MR) is 334 cm³/mol. The van der Waals surface area contributed by atoms with E-state index in [0.717, 1.165) is 161 Å². The molecule has 0 aliphatic heterocycles. The van der Waals surface area contributed by atoms with Crippen LogP contribution in [0.3, 0.4) is 0 Å². The molecule has 0 N–H and O–H groups in total. The molecule has 436 valence electrons. The first-order valence-electron chi connectivity index (χ1n) is 31.7. The van der Waals surface area contributed by atoms with Gasteiger partial charge in [0.1, 0.15) is 13.2 Å². The highest BCUT2D eigenvalue weighted by Crippen LogP contribution is 2.14. The lowest BCUT2D eigenvalue weighted by Crippen LogP contribution is -2.30. The molecule has 77 heavy (non-hydrogen) atoms. The number of unbranched alkanes of at least 4 members (excludes halogenated alkanes) is 23. The van der Waals surface area contributed by atoms with Crippen molar-refractivity contribution in [1.29, 1.82) is 0 Å². The summed E-state index contributed by atoms with van der Waals surface area (Å²) < 4.78 is 16.9. The Morgan fingerprint density at radius 3 is 0.818 bits per heavy atom. The Labute approximate surface area is 475 Å². The molecule has 0 aliphatic rings. The van der Waals surface area contributed by atoms with E-state index in [1.54, 1.807) is 0 Å². The minimum absolute atomic E-state index is 0.0994. The lowest BCUT2D eigenvalue weighted by molar-refractivity contribution is -0.167. The molecule has 0 radical (unpaired) electrons. The molecule has 0 aromatic heterocycles. The summed E-state index contributed by atoms with van der Waals surface area (Å²) in [5, 5.41) is 0. The zero-order valence-corrected chi connectivity index (χ0v) is 49.9. The Bertz CT molecular complexity index is 1650. The van der Waals surface area contributed by atoms with Crippen molar-refractivity contribution in [2.24, 2.45) is 0 Å². The first-order chi connectivity index (χ1) is 38.0. The number of hydrogen-bond donors (Lipinski definition) is 0. The molecular weight excluding hydrogens is 949 g/mol. The van der Waals surface area contributed by atoms with E-state index in [1.807, 2.05) is 0 Å². The van der Waals surface area contributed by atoms with Gasteiger partial charge in [-0.05, 0) is 141 Å². The Kier molecular flexibility index (Phi) is 60.4. The standard InChI is InChI=1S/C71H116O6/c1-4-7-10-13-16-19-22-25-28-30-31-32-33-34-35-36-37-38-39-40-41-42-44-46-49-52-55-58-61-64-70(73)76-67-68(66-75-69(72)63-60-57-54-51-48-45-27-24-21-18-15-12-9-6-3)77-71(74)65-62-59-56-53-50-47-43-29-26-23-20-17-14-11-8-5-2/h7,10,16,19-20,23-25,27-29,31-32,34-35,37-38,40-41,43-44,46,68H,4-6,8-9,11-15,17-18,21-22,26,30,33,36,39,42,45,47-67H2,1-3H3/b10-7-,19-16-,23-20-,27-24-,28-25-,32-31-,35-34-,38-37-,41-40-,43-29-,46-44-. The van der Waals surface area contributed by atoms with Gasteiger partial charge in [-0.2, -0.15) is 0 Å². The van der Waals surface area contributed by atoms with E-state index in [-0.39, 0.29) is 31.1 Å². The van der Waals surface area contributed by atoms with E-state index in [0.29, 0.717) is 19.3 Å². The lowest BCUT2D eigenvalue weighted by atomic mass is 10.1. The van der Waals surface area contributed by atoms with E-state index in [4.69, 9.17) is 14.2 Å². The van der Waals surface area contributed by atoms with Crippen LogP contribution >= 0.6 is 0 Å². The summed E-state index contributed by atoms with van der Waals surface area (Å²) in [6, 6.07) is 0. The van der Waals surface area contributed by atoms with Gasteiger partial charge < -0.3 is 14.2 Å². The molecule has 0 rings (SSSR count). The summed E-state index contributed by atoms with van der Waals surface area (Å²) >= 11 is 0. The van der Waals surface area contributed by atoms with Gasteiger partial charge in [0, 0.05) is 19.3 Å². The van der Waals surface area contributed by atoms with E-state index >= 15 is 0 Å². The van der Waals surface area contributed by atoms with E-state index < -0.39 is 6.10 Å². The maximum Gasteiger partial charge on any atom is 0.306 e. The van der Waals surface area contributed by atoms with Crippen LogP contribution in [-0.2, 0) is 28.6 Å². The fraction of sp³-hybridized carbons (Fsp3) is 0.648. The molecule has 0 saturated carbocycles. The summed E-state index contributed by atoms with van der Waals surface area (Å²) in [6.45, 7) is 6.46. The molecule has 0 fully saturated rings. The number of hydrogen-bond acceptors (Lipinski definition) is 6. The van der Waals surface area contributed by atoms with Gasteiger partial charge >= 0.3 is 17.9 Å². The molecule has 0 spiro atoms. The minimum Gasteiger partial charge on any atom is -0.462 e. The predicted octanol–water partition coefficient (Wildman–Crippen LogP) is 21.8. The molecule has 0 aromatic rings. The molecular formula is C71H116O6. The van der Waals surface area contributed by atoms with Crippen molar-refractivity contribution in [3.63, 3.8) is 0 Å². The first-order valence-corrected chi connectivity index (χ1v) is 31.7. The van der Waals surface area contributed by atoms with Gasteiger partial charge in [-0.1, -0.05) is 251 Å². The molecule has 0 saturated heterocycles. The van der Waals surface area contributed by atoms with Crippen LogP contribution in [0.5, 0.6) is 0 Å². The summed E-state index contributed by atoms with van der Waals surface area (Å²) in [5.74, 6) is -0.946. The maximum absolute atomic E-state index is 12.9. The average molecular weight is 1070 g/mol. The van der Waals surface area contributed by atoms with Gasteiger partial charge in [0.15, 0.2) is 6.10 Å². The second-order valence-electron chi connectivity index (χ2n) is 20.6. The van der Waals surface area contributed by atoms with Crippen molar-refractivity contribution in [1.82, 2.24) is 0 Å². The minimum atomic E-state index is -0.805. The first kappa shape index (κ1) is 72.5. The van der Waals surface area contributed by atoms with Gasteiger partial charge in [-0.15, -0.1) is 0 Å². The maximum atomic E-state index is 12.9. The molecule has 6 heteroatoms. The van der Waals surface area contributed by atoms with Crippen LogP contribution in [0.25, 0.3) is 0 Å². The Hall–Kier alpha value is -4.45. The van der Waals surface area contributed by atoms with Crippen LogP contribution in [0.4, 0.5) is 0 Å². The Morgan fingerprint density at radius 2 is 0.506 bits per heavy atom. The van der Waals surface area contributed by atoms with Crippen LogP contribution < -0.4 is 0 Å². The molecule has 0 bridgehead atoms. The van der Waals surface area contributed by atoms with E-state index in [1.165, 1.54) is 77.0 Å². The summed E-state index contributed by atoms with van der Waals surface area (Å²) in [5.41, 5.74) is 0. The van der Waals surface area contributed by atoms with Gasteiger partial charge in [0.05, 0.1) is 0 Å². The zero-order chi connectivity index (χ0) is 55.7. The van der Waals surface area contributed by atoms with Gasteiger partial charge in [0.25, 0.3) is 0 Å². The second-order valence-corrected chi connectivity index (χ2v) is 20.6. The quantitative estimate of drug-likeness (QED) is 0.0261. The number of carbonyl (C=O) groups excluding carboxylic acids is 3. The van der Waals surface area contributed by atoms with Crippen molar-refractivity contribution in [3.8, 4) is 0 Å². The van der Waals surface area contributed by atoms with Crippen molar-refractivity contribution in [2.45, 2.75) is 284 Å². The molecule has 6 nitrogen and oxygen atoms in total. The van der Waals surface area contributed by atoms with Crippen LogP contribution in [-0.4, -0.2) is 37.2 Å². The van der Waals surface area contributed by atoms with Crippen LogP contribution in [0, 0.1) is 0 Å². The molecule has 1 unspecified atom stereocenters. The van der Waals surface area contributed by atoms with Crippen molar-refractivity contribution >= 4 is 17.9 Å². The fourth-order valence-electron chi connectivity index (χ4n) is 8.36. The zero-order valence-electron chi connectivity index (χ0n) is 49.9. The largest absolute Gasteiger partial charge is 0.462 e. The number of carbonyl (C=O) groups is 3. The van der Waals surface area contributed by atoms with Gasteiger partial charge in [-0.25, -0.2) is 0 Å². The number of rotatable bonds is 56. The third-order valence-corrected chi connectivity index (χ3v) is 13.1. The highest BCUT2D eigenvalue weighted by molar-refractivity contribution is 5.71. The molecule has 0 aromatic carbocycles. The van der Waals surface area contributed by atoms with Gasteiger partial charge in [0.2, 0.25) is 0 Å². The van der Waals surface area contributed by atoms with Crippen LogP contribution in [0.1, 0.15) is 278 Å². The monoisotopic (exact) mass is 1060 g/mol. The van der Waals surface area contributed by atoms with E-state index in [2.05, 4.69) is 154 Å². The van der Waals surface area contributed by atoms with Crippen molar-refractivity contribution in [2.75, 3.05) is 13.2 Å². The second kappa shape index (κ2) is 64.1. The van der Waals surface area contributed by atoms with Crippen LogP contribution in [0.2, 0.25) is 0 Å². The van der Waals surface area contributed by atoms with Gasteiger partial charge in [-0.3, -0.25) is 14.4 Å². The smallest absolute Gasteiger partial charge is 0.306 e. The SMILES string of the molecule is CC/C=C\C/C=C\C/C=C\C/C=C\C/C=C\C/C=C\C/C=C\C/C=C\CCCCCCC(=O)OCC(COC(=O)CCCCCCC/C=C\CCCCCCC)OC(=O)CCCCCCC/C=C\C/C=C\CCCCCC. The highest BCUT2D eigenvalue weighted by atomic mass is 16.6. The number of allylic oxidation sites excluding steroid dienone is 22. The Balaban J connectivity index is 4.42. The number of esters is 3. The fourth-order valence-corrected chi connectivity index (χ4v) is 8.36. The molecule has 0 heterocycles. The average Bonchev–Trinajstić information content (AvgIpc) is 3.43. The third kappa shape index (κ3) is 62.3. The van der Waals surface area contributed by atoms with Crippen molar-refractivity contribution < 1.29 is 28.6 Å². The van der Waals surface area contributed by atoms with Crippen LogP contribution in [0.15, 0.2) is 134 Å². The topological polar surface area (TPSA) is 78.9 Å². The highest BCUT2D eigenvalue weighted by Gasteiger charge is 2.19. The summed E-state index contributed by atoms with van der Waals surface area (Å²) in [6.07, 6.45) is 90.2. The Morgan fingerprint density at radius 1 is 0.273 bits per heavy atom. The van der Waals surface area contributed by atoms with E-state index in [9.17, 15) is 14.4 Å².